The summed E-state index contributed by atoms with van der Waals surface area (Å²) in [5.74, 6) is 3.25. The van der Waals surface area contributed by atoms with Gasteiger partial charge < -0.3 is 19.7 Å². The van der Waals surface area contributed by atoms with Crippen molar-refractivity contribution in [1.82, 2.24) is 0 Å². The van der Waals surface area contributed by atoms with Gasteiger partial charge in [0.25, 0.3) is 0 Å². The van der Waals surface area contributed by atoms with Gasteiger partial charge in [-0.3, -0.25) is 5.84 Å². The van der Waals surface area contributed by atoms with E-state index in [1.807, 2.05) is 0 Å². The Bertz CT molecular complexity index is 248. The molecule has 0 atom stereocenters. The molecule has 1 rings (SSSR count). The zero-order valence-corrected chi connectivity index (χ0v) is 7.96. The van der Waals surface area contributed by atoms with E-state index < -0.39 is 5.97 Å². The number of furan rings is 1. The number of nitrogens with two attached hydrogens (primary N) is 1. The Kier molecular flexibility index (Phi) is 4.20. The van der Waals surface area contributed by atoms with Crippen LogP contribution < -0.4 is 45.9 Å². The fourth-order valence-electron chi connectivity index (χ4n) is 0.581. The molecule has 1 aromatic heterocycles. The number of carbonyl (C=O) groups is 1. The Morgan fingerprint density at radius 3 is 2.73 bits per heavy atom. The molecule has 0 aliphatic carbocycles. The first kappa shape index (κ1) is 10.5. The Labute approximate surface area is 84.8 Å². The Morgan fingerprint density at radius 2 is 2.36 bits per heavy atom. The Morgan fingerprint density at radius 1 is 1.73 bits per heavy atom. The number of hydrogen-bond acceptors (Lipinski definition) is 5. The van der Waals surface area contributed by atoms with Gasteiger partial charge in [0.05, 0.1) is 12.0 Å². The average Bonchev–Trinajstić information content (AvgIpc) is 2.33. The summed E-state index contributed by atoms with van der Waals surface area (Å²) in [7, 11) is 0. The first-order valence-electron chi connectivity index (χ1n) is 2.51. The molecule has 0 radical (unpaired) electrons. The molecule has 3 N–H and O–H groups in total. The summed E-state index contributed by atoms with van der Waals surface area (Å²) in [6, 6.07) is 1.39. The van der Waals surface area contributed by atoms with Crippen LogP contribution in [0.2, 0.25) is 0 Å². The molecular formula is C5H5N2NaO3. The van der Waals surface area contributed by atoms with Gasteiger partial charge in [0.15, 0.2) is 5.76 Å². The van der Waals surface area contributed by atoms with Crippen LogP contribution in [0.3, 0.4) is 0 Å². The molecule has 0 aromatic carbocycles. The molecule has 0 fully saturated rings. The van der Waals surface area contributed by atoms with Gasteiger partial charge in [-0.25, -0.2) is 0 Å². The van der Waals surface area contributed by atoms with E-state index in [0.717, 1.165) is 0 Å². The van der Waals surface area contributed by atoms with Gasteiger partial charge in [-0.2, -0.15) is 0 Å². The number of anilines is 1. The number of rotatable bonds is 2. The van der Waals surface area contributed by atoms with Crippen molar-refractivity contribution in [3.63, 3.8) is 0 Å². The Balaban J connectivity index is 0.000001000. The monoisotopic (exact) mass is 164 g/mol. The number of carboxylic acids is 1. The number of nitrogens with one attached hydrogen (secondary N) is 1. The Hall–Kier alpha value is -0.490. The van der Waals surface area contributed by atoms with Gasteiger partial charge in [-0.05, 0) is 0 Å². The topological polar surface area (TPSA) is 91.3 Å². The summed E-state index contributed by atoms with van der Waals surface area (Å²) in [6.45, 7) is 0. The maximum absolute atomic E-state index is 10.1. The zero-order valence-electron chi connectivity index (χ0n) is 5.96. The molecule has 0 aliphatic heterocycles. The standard InChI is InChI=1S/C5H6N2O3.Na/c6-7-3-1-2-10-4(3)5(8)9;/h1-2,7H,6H2,(H,8,9);/q;+1/p-1. The minimum Gasteiger partial charge on any atom is -0.541 e. The van der Waals surface area contributed by atoms with Crippen molar-refractivity contribution in [3.05, 3.63) is 18.1 Å². The number of hydrogen-bond donors (Lipinski definition) is 2. The van der Waals surface area contributed by atoms with Gasteiger partial charge in [-0.1, -0.05) is 0 Å². The van der Waals surface area contributed by atoms with Crippen LogP contribution in [-0.2, 0) is 0 Å². The van der Waals surface area contributed by atoms with Crippen LogP contribution in [0.15, 0.2) is 16.7 Å². The molecule has 5 nitrogen and oxygen atoms in total. The second kappa shape index (κ2) is 4.40. The fraction of sp³-hybridized carbons (Fsp3) is 0. The SMILES string of the molecule is NNc1ccoc1C(=O)[O-].[Na+]. The van der Waals surface area contributed by atoms with Crippen LogP contribution in [-0.4, -0.2) is 5.97 Å². The third kappa shape index (κ3) is 2.23. The second-order valence-corrected chi connectivity index (χ2v) is 1.60. The molecule has 1 heterocycles. The zero-order chi connectivity index (χ0) is 7.56. The third-order valence-electron chi connectivity index (χ3n) is 1.01. The van der Waals surface area contributed by atoms with E-state index in [1.54, 1.807) is 0 Å². The summed E-state index contributed by atoms with van der Waals surface area (Å²) in [4.78, 5) is 10.1. The maximum atomic E-state index is 10.1. The maximum Gasteiger partial charge on any atom is 1.00 e. The average molecular weight is 164 g/mol. The van der Waals surface area contributed by atoms with Gasteiger partial charge in [0.1, 0.15) is 5.97 Å². The number of aromatic carboxylic acids is 1. The second-order valence-electron chi connectivity index (χ2n) is 1.60. The van der Waals surface area contributed by atoms with Gasteiger partial charge in [0.2, 0.25) is 0 Å². The summed E-state index contributed by atoms with van der Waals surface area (Å²) >= 11 is 0. The van der Waals surface area contributed by atoms with Crippen molar-refractivity contribution in [1.29, 1.82) is 0 Å². The fourth-order valence-corrected chi connectivity index (χ4v) is 0.581. The molecule has 6 heteroatoms. The van der Waals surface area contributed by atoms with Crippen molar-refractivity contribution in [3.8, 4) is 0 Å². The molecule has 0 amide bonds. The van der Waals surface area contributed by atoms with E-state index in [1.165, 1.54) is 12.3 Å². The van der Waals surface area contributed by atoms with Crippen molar-refractivity contribution < 1.29 is 43.9 Å². The van der Waals surface area contributed by atoms with Crippen molar-refractivity contribution in [2.75, 3.05) is 5.43 Å². The molecule has 0 unspecified atom stereocenters. The van der Waals surface area contributed by atoms with Crippen LogP contribution >= 0.6 is 0 Å². The summed E-state index contributed by atoms with van der Waals surface area (Å²) < 4.78 is 4.51. The van der Waals surface area contributed by atoms with Gasteiger partial charge in [-0.15, -0.1) is 0 Å². The minimum atomic E-state index is -1.39. The third-order valence-corrected chi connectivity index (χ3v) is 1.01. The first-order valence-corrected chi connectivity index (χ1v) is 2.51. The van der Waals surface area contributed by atoms with Crippen LogP contribution in [0.25, 0.3) is 0 Å². The van der Waals surface area contributed by atoms with Crippen LogP contribution in [0.1, 0.15) is 10.6 Å². The first-order chi connectivity index (χ1) is 4.75. The largest absolute Gasteiger partial charge is 1.00 e. The van der Waals surface area contributed by atoms with Crippen molar-refractivity contribution in [2.24, 2.45) is 5.84 Å². The van der Waals surface area contributed by atoms with Crippen molar-refractivity contribution in [2.45, 2.75) is 0 Å². The number of hydrazine groups is 1. The molecule has 0 bridgehead atoms. The van der Waals surface area contributed by atoms with E-state index in [-0.39, 0.29) is 41.0 Å². The molecule has 11 heavy (non-hydrogen) atoms. The summed E-state index contributed by atoms with van der Waals surface area (Å²) in [6.07, 6.45) is 1.21. The quantitative estimate of drug-likeness (QED) is 0.263. The molecule has 0 aliphatic rings. The molecule has 1 aromatic rings. The predicted molar refractivity (Wildman–Crippen MR) is 30.8 cm³/mol. The van der Waals surface area contributed by atoms with Crippen LogP contribution in [0.4, 0.5) is 5.69 Å². The minimum absolute atomic E-state index is 0. The number of nitrogen functional groups attached to an aromatic ring is 1. The van der Waals surface area contributed by atoms with E-state index in [2.05, 4.69) is 9.84 Å². The molecule has 54 valence electrons. The summed E-state index contributed by atoms with van der Waals surface area (Å²) in [5, 5.41) is 10.1. The molecule has 0 saturated heterocycles. The van der Waals surface area contributed by atoms with E-state index in [4.69, 9.17) is 5.84 Å². The number of carboxylic acid groups (broad SMARTS) is 1. The summed E-state index contributed by atoms with van der Waals surface area (Å²) in [5.41, 5.74) is 2.35. The molecule has 0 spiro atoms. The number of carbonyl (C=O) groups excluding carboxylic acids is 1. The van der Waals surface area contributed by atoms with Gasteiger partial charge in [0, 0.05) is 6.07 Å². The van der Waals surface area contributed by atoms with Crippen LogP contribution in [0, 0.1) is 0 Å². The van der Waals surface area contributed by atoms with Gasteiger partial charge >= 0.3 is 29.6 Å². The predicted octanol–water partition coefficient (Wildman–Crippen LogP) is -4.07. The normalized spacial score (nSPS) is 8.45. The molecular weight excluding hydrogens is 159 g/mol. The van der Waals surface area contributed by atoms with Crippen molar-refractivity contribution >= 4 is 11.7 Å². The van der Waals surface area contributed by atoms with E-state index >= 15 is 0 Å². The molecule has 0 saturated carbocycles. The van der Waals surface area contributed by atoms with E-state index in [0.29, 0.717) is 0 Å². The smallest absolute Gasteiger partial charge is 0.541 e. The van der Waals surface area contributed by atoms with E-state index in [9.17, 15) is 9.90 Å². The van der Waals surface area contributed by atoms with Crippen LogP contribution in [0.5, 0.6) is 0 Å².